The van der Waals surface area contributed by atoms with Crippen LogP contribution in [0.15, 0.2) is 333 Å². The smallest absolute Gasteiger partial charge is 0.269 e. The highest BCUT2D eigenvalue weighted by Crippen LogP contribution is 2.43. The molecule has 0 unspecified atom stereocenters. The quantitative estimate of drug-likeness (QED) is 0.0471. The molecular weight excluding hydrogens is 1220 g/mol. The summed E-state index contributed by atoms with van der Waals surface area (Å²) in [6.45, 7) is 8.85. The van der Waals surface area contributed by atoms with E-state index in [-0.39, 0.29) is 61.6 Å². The molecule has 0 aliphatic carbocycles. The molecule has 0 bridgehead atoms. The Bertz CT molecular complexity index is 7430. The number of fused-ring (bicyclic) bond motifs is 4. The molecule has 16 aromatic rings. The van der Waals surface area contributed by atoms with Crippen LogP contribution in [0.25, 0.3) is 106 Å². The molecule has 0 radical (unpaired) electrons. The third-order valence-electron chi connectivity index (χ3n) is 17.3. The van der Waals surface area contributed by atoms with Crippen molar-refractivity contribution in [3.63, 3.8) is 0 Å². The third kappa shape index (κ3) is 11.6. The fourth-order valence-electron chi connectivity index (χ4n) is 12.5. The van der Waals surface area contributed by atoms with Crippen LogP contribution in [0, 0.1) is 13.2 Å². The van der Waals surface area contributed by atoms with Gasteiger partial charge < -0.3 is 4.74 Å². The number of para-hydroxylation sites is 2. The Balaban J connectivity index is 1.07. The number of rotatable bonds is 14. The lowest BCUT2D eigenvalue weighted by atomic mass is 9.78. The molecule has 99 heavy (non-hydrogen) atoms. The summed E-state index contributed by atoms with van der Waals surface area (Å²) in [5.74, 6) is 0.134. The number of hydrogen-bond donors (Lipinski definition) is 0. The minimum Gasteiger partial charge on any atom is -0.458 e. The van der Waals surface area contributed by atoms with Crippen LogP contribution in [-0.2, 0) is 10.8 Å². The highest BCUT2D eigenvalue weighted by Gasteiger charge is 2.42. The molecule has 3 heterocycles. The largest absolute Gasteiger partial charge is 0.458 e. The van der Waals surface area contributed by atoms with E-state index in [9.17, 15) is 26.0 Å². The van der Waals surface area contributed by atoms with Crippen molar-refractivity contribution >= 4 is 61.7 Å². The average Bonchev–Trinajstić information content (AvgIpc) is 1.29. The number of imidazole rings is 1. The SMILES string of the molecule is [2H]c1c([2H])c([2H])c(-c2cnc(-n3c4ccccc4c4ccc(Oc5cccc(-n6[c-][n+](-c7c(-c8cc(C(C)(C)C)cc(C(C)(C)C)c8)cccc7-c7c([2H])c(-c8c([2H])c([2H])c([2H])c([2H])c8[2H])c([2H])c(-c8c([2H])c([2H])c([2H])c([2H])c8[2H])c7[2H])c7ccc([Si](c8c([2H])c([2H])c([2H])c([2H])c8[2H])(c8c([2H])c([2H])c([2H])c([2H])c8[2H])c8c([2H])c([2H])c([2H])c([2H])c8[2H])cc76)c5)cc43)cc2C([2H])([2H])[2H])c([2H])c1[2H]. The Labute approximate surface area is 632 Å². The van der Waals surface area contributed by atoms with E-state index in [0.717, 1.165) is 17.3 Å². The zero-order valence-corrected chi connectivity index (χ0v) is 54.9. The first-order valence-corrected chi connectivity index (χ1v) is 33.4. The number of hydrogen-bond acceptors (Lipinski definition) is 2. The van der Waals surface area contributed by atoms with Crippen molar-refractivity contribution in [3.05, 3.63) is 356 Å². The lowest BCUT2D eigenvalue weighted by Crippen LogP contribution is -2.74. The van der Waals surface area contributed by atoms with Crippen molar-refractivity contribution in [3.8, 4) is 84.3 Å². The Morgan fingerprint density at radius 3 is 1.54 bits per heavy atom. The fourth-order valence-corrected chi connectivity index (χ4v) is 16.3. The molecule has 0 N–H and O–H groups in total. The topological polar surface area (TPSA) is 35.9 Å². The van der Waals surface area contributed by atoms with Crippen LogP contribution in [0.5, 0.6) is 11.5 Å². The Kier molecular flexibility index (Phi) is 8.71. The van der Waals surface area contributed by atoms with Gasteiger partial charge in [-0.2, -0.15) is 0 Å². The zero-order valence-electron chi connectivity index (χ0n) is 89.9. The van der Waals surface area contributed by atoms with Crippen molar-refractivity contribution in [2.75, 3.05) is 0 Å². The molecule has 0 atom stereocenters. The minimum absolute atomic E-state index is 0.0126. The summed E-state index contributed by atoms with van der Waals surface area (Å²) in [5.41, 5.74) is -3.48. The molecule has 0 fully saturated rings. The van der Waals surface area contributed by atoms with Gasteiger partial charge in [-0.15, -0.1) is 0 Å². The fraction of sp³-hybridized carbons (Fsp3) is 0.0968. The summed E-state index contributed by atoms with van der Waals surface area (Å²) in [4.78, 5) is 4.73. The average molecular weight is 1330 g/mol. The predicted molar refractivity (Wildman–Crippen MR) is 415 cm³/mol. The molecule has 478 valence electrons. The van der Waals surface area contributed by atoms with E-state index in [4.69, 9.17) is 33.0 Å². The lowest BCUT2D eigenvalue weighted by Gasteiger charge is -2.34. The molecule has 13 aromatic carbocycles. The van der Waals surface area contributed by atoms with E-state index in [1.807, 2.05) is 65.8 Å². The van der Waals surface area contributed by atoms with Gasteiger partial charge in [-0.3, -0.25) is 13.7 Å². The molecule has 0 aliphatic heterocycles. The van der Waals surface area contributed by atoms with E-state index in [2.05, 4.69) is 6.33 Å². The number of aryl methyl sites for hydroxylation is 1. The third-order valence-corrected chi connectivity index (χ3v) is 21.5. The first-order chi connectivity index (χ1) is 63.2. The van der Waals surface area contributed by atoms with Gasteiger partial charge in [0.25, 0.3) is 6.33 Å². The summed E-state index contributed by atoms with van der Waals surface area (Å²) < 4.78 is 347. The second-order valence-corrected chi connectivity index (χ2v) is 29.0. The number of pyridine rings is 1. The number of nitrogens with zero attached hydrogens (tertiary/aromatic N) is 4. The van der Waals surface area contributed by atoms with Crippen LogP contribution in [0.2, 0.25) is 0 Å². The van der Waals surface area contributed by atoms with E-state index >= 15 is 0 Å². The second kappa shape index (κ2) is 25.4. The molecule has 5 nitrogen and oxygen atoms in total. The van der Waals surface area contributed by atoms with E-state index in [1.54, 1.807) is 71.3 Å². The minimum atomic E-state index is -6.05. The molecule has 16 rings (SSSR count). The van der Waals surface area contributed by atoms with Gasteiger partial charge in [-0.1, -0.05) is 302 Å². The number of benzene rings is 13. The molecule has 0 saturated heterocycles. The van der Waals surface area contributed by atoms with Crippen LogP contribution in [-0.4, -0.2) is 22.2 Å². The number of aromatic nitrogens is 4. The predicted octanol–water partition coefficient (Wildman–Crippen LogP) is 20.6. The van der Waals surface area contributed by atoms with Gasteiger partial charge in [0.05, 0.1) is 78.7 Å². The maximum atomic E-state index is 10.7. The molecule has 3 aromatic heterocycles. The van der Waals surface area contributed by atoms with Gasteiger partial charge in [0, 0.05) is 32.7 Å². The van der Waals surface area contributed by atoms with Gasteiger partial charge in [0.15, 0.2) is 8.07 Å². The highest BCUT2D eigenvalue weighted by molar-refractivity contribution is 7.20. The van der Waals surface area contributed by atoms with Crippen molar-refractivity contribution < 1.29 is 58.7 Å². The normalized spacial score (nSPS) is 17.2. The second-order valence-electron chi connectivity index (χ2n) is 25.4. The van der Waals surface area contributed by atoms with Crippen LogP contribution >= 0.6 is 0 Å². The first kappa shape index (κ1) is 34.0. The summed E-state index contributed by atoms with van der Waals surface area (Å²) >= 11 is 0. The zero-order chi connectivity index (χ0) is 98.6. The molecule has 0 aliphatic rings. The summed E-state index contributed by atoms with van der Waals surface area (Å²) in [5, 5.41) is -1.70. The molecule has 0 spiro atoms. The van der Waals surface area contributed by atoms with Crippen LogP contribution in [0.4, 0.5) is 0 Å². The van der Waals surface area contributed by atoms with Gasteiger partial charge in [0.1, 0.15) is 17.3 Å². The van der Waals surface area contributed by atoms with Crippen LogP contribution in [0.1, 0.15) is 108 Å². The van der Waals surface area contributed by atoms with Gasteiger partial charge >= 0.3 is 0 Å². The van der Waals surface area contributed by atoms with Crippen molar-refractivity contribution in [1.29, 1.82) is 0 Å². The maximum absolute atomic E-state index is 10.7. The standard InChI is InChI=1S/C93H76N4OSi/c1-64-52-90(94-62-85(64)67-34-18-10-19-35-67)97-86-47-27-26-44-83(86)84-50-48-76(60-88(84)97)98-75-37-28-36-74(59-75)95-63-96(87-51-49-80(61-89(87)95)99(77-38-20-11-21-39-77,78-40-22-12-23-41-78)79-42-24-13-25-43-79)91-81(45-29-46-82(91)71-56-72(92(2,3)4)58-73(57-71)93(5,6)7)70-54-68(65-30-14-8-15-31-65)53-69(55-70)66-32-16-9-17-33-66/h8-62H,1-7H3/i1D3,8D,9D,10D,11D,12D,13D,14D,15D,16D,17D,18D,19D,20D,21D,22D,23D,24D,25D,30D,31D,32D,33D,34D,35D,38D,39D,40D,41D,42D,43D,53D,54D,55D. The lowest BCUT2D eigenvalue weighted by molar-refractivity contribution is -0.571. The van der Waals surface area contributed by atoms with E-state index in [0.29, 0.717) is 27.4 Å². The van der Waals surface area contributed by atoms with E-state index < -0.39 is 280 Å². The Hall–Kier alpha value is -11.7. The molecule has 6 heteroatoms. The molecule has 0 amide bonds. The highest BCUT2D eigenvalue weighted by atomic mass is 28.3. The molecule has 0 saturated carbocycles. The van der Waals surface area contributed by atoms with Crippen molar-refractivity contribution in [2.45, 2.75) is 59.2 Å². The number of ether oxygens (including phenoxy) is 1. The summed E-state index contributed by atoms with van der Waals surface area (Å²) in [7, 11) is -6.05. The summed E-state index contributed by atoms with van der Waals surface area (Å²) in [6, 6.07) is 2.57. The van der Waals surface area contributed by atoms with Crippen molar-refractivity contribution in [2.24, 2.45) is 0 Å². The van der Waals surface area contributed by atoms with Crippen LogP contribution in [0.3, 0.4) is 0 Å². The monoisotopic (exact) mass is 1330 g/mol. The molecular formula is C93H76N4OSi. The summed E-state index contributed by atoms with van der Waals surface area (Å²) in [6.07, 6.45) is 4.63. The van der Waals surface area contributed by atoms with Crippen LogP contribution < -0.4 is 30.1 Å². The van der Waals surface area contributed by atoms with Gasteiger partial charge in [-0.05, 0) is 166 Å². The Morgan fingerprint density at radius 2 is 0.949 bits per heavy atom. The first-order valence-electron chi connectivity index (χ1n) is 49.4. The van der Waals surface area contributed by atoms with Gasteiger partial charge in [-0.25, -0.2) is 4.98 Å². The maximum Gasteiger partial charge on any atom is 0.269 e. The van der Waals surface area contributed by atoms with Gasteiger partial charge in [0.2, 0.25) is 0 Å². The van der Waals surface area contributed by atoms with Crippen molar-refractivity contribution in [1.82, 2.24) is 14.1 Å². The Morgan fingerprint density at radius 1 is 0.424 bits per heavy atom. The van der Waals surface area contributed by atoms with E-state index in [1.165, 1.54) is 45.5 Å².